The Morgan fingerprint density at radius 1 is 1.00 bits per heavy atom. The predicted molar refractivity (Wildman–Crippen MR) is 57.3 cm³/mol. The van der Waals surface area contributed by atoms with Crippen molar-refractivity contribution in [3.8, 4) is 0 Å². The molecule has 0 aliphatic rings. The summed E-state index contributed by atoms with van der Waals surface area (Å²) in [5.74, 6) is 0. The van der Waals surface area contributed by atoms with Crippen molar-refractivity contribution in [2.75, 3.05) is 13.2 Å². The summed E-state index contributed by atoms with van der Waals surface area (Å²) in [6, 6.07) is 0. The van der Waals surface area contributed by atoms with Gasteiger partial charge in [-0.25, -0.2) is 4.31 Å². The molecule has 0 bridgehead atoms. The van der Waals surface area contributed by atoms with E-state index in [1.807, 2.05) is 0 Å². The summed E-state index contributed by atoms with van der Waals surface area (Å²) in [4.78, 5) is 18.6. The van der Waals surface area contributed by atoms with Crippen LogP contribution < -0.4 is 0 Å². The largest absolute Gasteiger partial charge is 0.331 e. The molecular weight excluding hydrogens is 254 g/mol. The lowest BCUT2D eigenvalue weighted by atomic mass is 10.9. The van der Waals surface area contributed by atoms with Crippen LogP contribution in [-0.4, -0.2) is 23.0 Å². The van der Waals surface area contributed by atoms with E-state index in [9.17, 15) is 9.79 Å². The van der Waals surface area contributed by atoms with Crippen LogP contribution in [0.3, 0.4) is 0 Å². The molecule has 80 valence electrons. The molecule has 0 saturated heterocycles. The Kier molecular flexibility index (Phi) is 6.35. The first kappa shape index (κ1) is 14.1. The average molecular weight is 266 g/mol. The van der Waals surface area contributed by atoms with Gasteiger partial charge < -0.3 is 18.8 Å². The minimum absolute atomic E-state index is 0.190. The molecule has 0 aromatic carbocycles. The molecule has 0 radical (unpaired) electrons. The minimum Gasteiger partial charge on any atom is -0.324 e. The molecule has 0 saturated carbocycles. The van der Waals surface area contributed by atoms with Gasteiger partial charge in [0.25, 0.3) is 0 Å². The van der Waals surface area contributed by atoms with E-state index in [1.54, 1.807) is 13.8 Å². The van der Waals surface area contributed by atoms with E-state index in [-0.39, 0.29) is 13.2 Å². The van der Waals surface area contributed by atoms with Crippen molar-refractivity contribution < 1.29 is 23.1 Å². The van der Waals surface area contributed by atoms with E-state index in [1.165, 1.54) is 0 Å². The first-order chi connectivity index (χ1) is 5.83. The zero-order valence-electron chi connectivity index (χ0n) is 7.24. The van der Waals surface area contributed by atoms with Gasteiger partial charge in [0.2, 0.25) is 0 Å². The van der Waals surface area contributed by atoms with Crippen molar-refractivity contribution in [1.29, 1.82) is 0 Å². The SMILES string of the molecule is CCOP(O)(=S)OP(O)(=S)OCC. The third-order valence-corrected chi connectivity index (χ3v) is 5.44. The monoisotopic (exact) mass is 266 g/mol. The van der Waals surface area contributed by atoms with Gasteiger partial charge in [-0.1, -0.05) is 0 Å². The standard InChI is InChI=1S/C4H12O5P2S2/c1-3-7-10(5,12)9-11(6,13)8-4-2/h3-4H2,1-2H3,(H,5,12)(H,6,13). The molecule has 0 aliphatic carbocycles. The van der Waals surface area contributed by atoms with Gasteiger partial charge in [-0.2, -0.15) is 0 Å². The summed E-state index contributed by atoms with van der Waals surface area (Å²) < 4.78 is 14.0. The van der Waals surface area contributed by atoms with Crippen molar-refractivity contribution in [3.63, 3.8) is 0 Å². The van der Waals surface area contributed by atoms with Crippen LogP contribution >= 0.6 is 13.4 Å². The van der Waals surface area contributed by atoms with Crippen LogP contribution in [0.2, 0.25) is 0 Å². The maximum Gasteiger partial charge on any atom is 0.331 e. The third kappa shape index (κ3) is 7.08. The number of hydrogen-bond donors (Lipinski definition) is 2. The zero-order valence-corrected chi connectivity index (χ0v) is 10.7. The van der Waals surface area contributed by atoms with Gasteiger partial charge >= 0.3 is 13.4 Å². The first-order valence-electron chi connectivity index (χ1n) is 3.49. The van der Waals surface area contributed by atoms with Gasteiger partial charge in [0.05, 0.1) is 13.2 Å². The van der Waals surface area contributed by atoms with E-state index in [2.05, 4.69) is 27.9 Å². The molecule has 5 nitrogen and oxygen atoms in total. The fourth-order valence-electron chi connectivity index (χ4n) is 0.504. The zero-order chi connectivity index (χ0) is 10.5. The van der Waals surface area contributed by atoms with Crippen molar-refractivity contribution in [2.24, 2.45) is 0 Å². The first-order valence-corrected chi connectivity index (χ1v) is 8.67. The molecular formula is C4H12O5P2S2. The Bertz CT molecular complexity index is 221. The Labute approximate surface area is 87.5 Å². The highest BCUT2D eigenvalue weighted by Gasteiger charge is 2.26. The Hall–Kier alpha value is 1.10. The summed E-state index contributed by atoms with van der Waals surface area (Å²) in [5, 5.41) is 0. The molecule has 2 atom stereocenters. The highest BCUT2D eigenvalue weighted by molar-refractivity contribution is 8.14. The maximum absolute atomic E-state index is 9.28. The lowest BCUT2D eigenvalue weighted by molar-refractivity contribution is 0.228. The van der Waals surface area contributed by atoms with Gasteiger partial charge in [0.1, 0.15) is 0 Å². The lowest BCUT2D eigenvalue weighted by Crippen LogP contribution is -1.96. The van der Waals surface area contributed by atoms with Crippen molar-refractivity contribution in [3.05, 3.63) is 0 Å². The van der Waals surface area contributed by atoms with E-state index in [4.69, 9.17) is 9.05 Å². The molecule has 0 rings (SSSR count). The fourth-order valence-corrected chi connectivity index (χ4v) is 5.22. The van der Waals surface area contributed by atoms with Crippen LogP contribution in [0.5, 0.6) is 0 Å². The molecule has 0 aromatic heterocycles. The molecule has 0 heterocycles. The summed E-state index contributed by atoms with van der Waals surface area (Å²) in [5.41, 5.74) is 0. The van der Waals surface area contributed by atoms with E-state index < -0.39 is 13.4 Å². The fraction of sp³-hybridized carbons (Fsp3) is 1.00. The predicted octanol–water partition coefficient (Wildman–Crippen LogP) is 1.51. The Morgan fingerprint density at radius 3 is 1.54 bits per heavy atom. The molecule has 0 aromatic rings. The quantitative estimate of drug-likeness (QED) is 0.706. The van der Waals surface area contributed by atoms with E-state index in [0.29, 0.717) is 0 Å². The Morgan fingerprint density at radius 2 is 1.31 bits per heavy atom. The minimum atomic E-state index is -3.44. The number of hydrogen-bond acceptors (Lipinski definition) is 5. The maximum atomic E-state index is 9.28. The van der Waals surface area contributed by atoms with Crippen LogP contribution in [-0.2, 0) is 37.0 Å². The molecule has 13 heavy (non-hydrogen) atoms. The topological polar surface area (TPSA) is 68.2 Å². The highest BCUT2D eigenvalue weighted by atomic mass is 32.5. The van der Waals surface area contributed by atoms with Gasteiger partial charge in [-0.05, 0) is 37.5 Å². The molecule has 0 fully saturated rings. The van der Waals surface area contributed by atoms with Gasteiger partial charge in [0.15, 0.2) is 0 Å². The highest BCUT2D eigenvalue weighted by Crippen LogP contribution is 2.60. The van der Waals surface area contributed by atoms with Gasteiger partial charge in [0, 0.05) is 0 Å². The summed E-state index contributed by atoms with van der Waals surface area (Å²) in [6.07, 6.45) is 0. The lowest BCUT2D eigenvalue weighted by Gasteiger charge is -2.20. The van der Waals surface area contributed by atoms with E-state index >= 15 is 0 Å². The number of rotatable bonds is 6. The second-order valence-corrected chi connectivity index (χ2v) is 7.67. The Balaban J connectivity index is 4.25. The van der Waals surface area contributed by atoms with Crippen LogP contribution in [0.1, 0.15) is 13.8 Å². The second-order valence-electron chi connectivity index (χ2n) is 1.85. The van der Waals surface area contributed by atoms with Crippen LogP contribution in [0.15, 0.2) is 0 Å². The van der Waals surface area contributed by atoms with Gasteiger partial charge in [-0.15, -0.1) is 0 Å². The van der Waals surface area contributed by atoms with E-state index in [0.717, 1.165) is 0 Å². The van der Waals surface area contributed by atoms with Crippen molar-refractivity contribution in [2.45, 2.75) is 13.8 Å². The van der Waals surface area contributed by atoms with Gasteiger partial charge in [-0.3, -0.25) is 0 Å². The van der Waals surface area contributed by atoms with Crippen molar-refractivity contribution in [1.82, 2.24) is 0 Å². The molecule has 0 amide bonds. The van der Waals surface area contributed by atoms with Crippen molar-refractivity contribution >= 4 is 37.1 Å². The molecule has 0 aliphatic heterocycles. The third-order valence-electron chi connectivity index (χ3n) is 0.791. The molecule has 2 N–H and O–H groups in total. The summed E-state index contributed by atoms with van der Waals surface area (Å²) in [6.45, 7) is -3.22. The van der Waals surface area contributed by atoms with Crippen LogP contribution in [0.25, 0.3) is 0 Å². The van der Waals surface area contributed by atoms with Crippen LogP contribution in [0.4, 0.5) is 0 Å². The summed E-state index contributed by atoms with van der Waals surface area (Å²) in [7, 11) is 0. The average Bonchev–Trinajstić information content (AvgIpc) is 1.82. The molecule has 9 heteroatoms. The second kappa shape index (κ2) is 5.85. The molecule has 0 spiro atoms. The summed E-state index contributed by atoms with van der Waals surface area (Å²) >= 11 is 9.10. The smallest absolute Gasteiger partial charge is 0.324 e. The van der Waals surface area contributed by atoms with Crippen LogP contribution in [0, 0.1) is 0 Å². The molecule has 2 unspecified atom stereocenters. The normalized spacial score (nSPS) is 20.6.